The number of hydrogen-bond donors (Lipinski definition) is 1. The molecule has 2 rings (SSSR count). The first-order chi connectivity index (χ1) is 8.87. The Morgan fingerprint density at radius 3 is 2.74 bits per heavy atom. The van der Waals surface area contributed by atoms with E-state index in [2.05, 4.69) is 10.3 Å². The van der Waals surface area contributed by atoms with E-state index in [4.69, 9.17) is 0 Å². The third-order valence-corrected chi connectivity index (χ3v) is 4.61. The van der Waals surface area contributed by atoms with E-state index in [1.807, 2.05) is 19.2 Å². The van der Waals surface area contributed by atoms with Crippen LogP contribution in [0.4, 0.5) is 0 Å². The SMILES string of the molecule is CCC1(C)NC(=O)C(C)N(Cc2nc(C)cs2)C1=O. The molecule has 1 aromatic rings. The van der Waals surface area contributed by atoms with E-state index in [1.165, 1.54) is 11.3 Å². The fourth-order valence-electron chi connectivity index (χ4n) is 2.13. The maximum absolute atomic E-state index is 12.5. The predicted molar refractivity (Wildman–Crippen MR) is 73.7 cm³/mol. The first kappa shape index (κ1) is 14.0. The molecule has 1 fully saturated rings. The van der Waals surface area contributed by atoms with Crippen LogP contribution in [0.2, 0.25) is 0 Å². The average Bonchev–Trinajstić information content (AvgIpc) is 2.78. The number of carbonyl (C=O) groups is 2. The summed E-state index contributed by atoms with van der Waals surface area (Å²) in [6.45, 7) is 7.76. The number of thiazole rings is 1. The Morgan fingerprint density at radius 2 is 2.21 bits per heavy atom. The maximum atomic E-state index is 12.5. The summed E-state index contributed by atoms with van der Waals surface area (Å²) in [4.78, 5) is 30.5. The van der Waals surface area contributed by atoms with E-state index in [0.717, 1.165) is 10.7 Å². The smallest absolute Gasteiger partial charge is 0.249 e. The minimum Gasteiger partial charge on any atom is -0.340 e. The van der Waals surface area contributed by atoms with Crippen LogP contribution in [0.3, 0.4) is 0 Å². The Morgan fingerprint density at radius 1 is 1.53 bits per heavy atom. The van der Waals surface area contributed by atoms with E-state index in [-0.39, 0.29) is 11.8 Å². The van der Waals surface area contributed by atoms with E-state index < -0.39 is 11.6 Å². The largest absolute Gasteiger partial charge is 0.340 e. The molecule has 1 saturated heterocycles. The van der Waals surface area contributed by atoms with Gasteiger partial charge in [-0.1, -0.05) is 6.92 Å². The molecule has 1 aliphatic rings. The predicted octanol–water partition coefficient (Wildman–Crippen LogP) is 1.47. The number of nitrogens with one attached hydrogen (secondary N) is 1. The Kier molecular flexibility index (Phi) is 3.62. The van der Waals surface area contributed by atoms with Crippen molar-refractivity contribution in [3.63, 3.8) is 0 Å². The Labute approximate surface area is 117 Å². The minimum absolute atomic E-state index is 0.0325. The van der Waals surface area contributed by atoms with Gasteiger partial charge in [0.25, 0.3) is 0 Å². The quantitative estimate of drug-likeness (QED) is 0.912. The molecule has 2 amide bonds. The molecule has 6 heteroatoms. The number of nitrogens with zero attached hydrogens (tertiary/aromatic N) is 2. The van der Waals surface area contributed by atoms with Crippen molar-refractivity contribution in [1.29, 1.82) is 0 Å². The van der Waals surface area contributed by atoms with Crippen LogP contribution >= 0.6 is 11.3 Å². The van der Waals surface area contributed by atoms with Gasteiger partial charge in [0.15, 0.2) is 0 Å². The molecule has 0 radical (unpaired) electrons. The van der Waals surface area contributed by atoms with Gasteiger partial charge in [-0.3, -0.25) is 9.59 Å². The third kappa shape index (κ3) is 2.49. The van der Waals surface area contributed by atoms with Gasteiger partial charge >= 0.3 is 0 Å². The molecular formula is C13H19N3O2S. The number of rotatable bonds is 3. The number of amides is 2. The summed E-state index contributed by atoms with van der Waals surface area (Å²) < 4.78 is 0. The van der Waals surface area contributed by atoms with Crippen molar-refractivity contribution in [3.8, 4) is 0 Å². The average molecular weight is 281 g/mol. The number of hydrogen-bond acceptors (Lipinski definition) is 4. The molecule has 0 spiro atoms. The van der Waals surface area contributed by atoms with Gasteiger partial charge in [0, 0.05) is 11.1 Å². The first-order valence-corrected chi connectivity index (χ1v) is 7.29. The minimum atomic E-state index is -0.796. The molecule has 0 saturated carbocycles. The first-order valence-electron chi connectivity index (χ1n) is 6.41. The Balaban J connectivity index is 2.25. The van der Waals surface area contributed by atoms with Crippen LogP contribution in [0, 0.1) is 6.92 Å². The summed E-state index contributed by atoms with van der Waals surface area (Å²) >= 11 is 1.52. The topological polar surface area (TPSA) is 62.3 Å². The molecule has 104 valence electrons. The zero-order valence-electron chi connectivity index (χ0n) is 11.7. The summed E-state index contributed by atoms with van der Waals surface area (Å²) in [5.41, 5.74) is 0.149. The van der Waals surface area contributed by atoms with Crippen LogP contribution < -0.4 is 5.32 Å². The molecule has 1 aromatic heterocycles. The number of carbonyl (C=O) groups excluding carboxylic acids is 2. The Hall–Kier alpha value is -1.43. The second-order valence-electron chi connectivity index (χ2n) is 5.17. The van der Waals surface area contributed by atoms with Crippen molar-refractivity contribution in [2.24, 2.45) is 0 Å². The van der Waals surface area contributed by atoms with Crippen molar-refractivity contribution >= 4 is 23.2 Å². The second-order valence-corrected chi connectivity index (χ2v) is 6.11. The van der Waals surface area contributed by atoms with Crippen LogP contribution in [0.25, 0.3) is 0 Å². The number of aromatic nitrogens is 1. The molecule has 5 nitrogen and oxygen atoms in total. The van der Waals surface area contributed by atoms with Crippen LogP contribution in [-0.2, 0) is 16.1 Å². The van der Waals surface area contributed by atoms with E-state index >= 15 is 0 Å². The van der Waals surface area contributed by atoms with Gasteiger partial charge in [0.05, 0.1) is 6.54 Å². The molecular weight excluding hydrogens is 262 g/mol. The molecule has 0 aliphatic carbocycles. The summed E-state index contributed by atoms with van der Waals surface area (Å²) in [6.07, 6.45) is 0.581. The number of piperazine rings is 1. The standard InChI is InChI=1S/C13H19N3O2S/c1-5-13(4)12(18)16(9(3)11(17)15-13)6-10-14-8(2)7-19-10/h7,9H,5-6H2,1-4H3,(H,15,17). The molecule has 0 aromatic carbocycles. The van der Waals surface area contributed by atoms with Crippen LogP contribution in [0.5, 0.6) is 0 Å². The highest BCUT2D eigenvalue weighted by Gasteiger charge is 2.45. The van der Waals surface area contributed by atoms with Crippen molar-refractivity contribution in [3.05, 3.63) is 16.1 Å². The lowest BCUT2D eigenvalue weighted by molar-refractivity contribution is -0.154. The molecule has 1 N–H and O–H groups in total. The van der Waals surface area contributed by atoms with Gasteiger partial charge in [0.1, 0.15) is 16.6 Å². The second kappa shape index (κ2) is 4.92. The van der Waals surface area contributed by atoms with Crippen molar-refractivity contribution < 1.29 is 9.59 Å². The molecule has 1 aliphatic heterocycles. The molecule has 2 atom stereocenters. The van der Waals surface area contributed by atoms with Gasteiger partial charge < -0.3 is 10.2 Å². The lowest BCUT2D eigenvalue weighted by atomic mass is 9.92. The van der Waals surface area contributed by atoms with Crippen LogP contribution in [-0.4, -0.2) is 33.3 Å². The summed E-state index contributed by atoms with van der Waals surface area (Å²) in [7, 11) is 0. The van der Waals surface area contributed by atoms with Crippen LogP contribution in [0.1, 0.15) is 37.9 Å². The lowest BCUT2D eigenvalue weighted by Gasteiger charge is -2.42. The van der Waals surface area contributed by atoms with Crippen molar-refractivity contribution in [2.75, 3.05) is 0 Å². The highest BCUT2D eigenvalue weighted by atomic mass is 32.1. The van der Waals surface area contributed by atoms with Crippen molar-refractivity contribution in [2.45, 2.75) is 52.2 Å². The molecule has 0 bridgehead atoms. The number of aryl methyl sites for hydroxylation is 1. The van der Waals surface area contributed by atoms with E-state index in [1.54, 1.807) is 18.7 Å². The lowest BCUT2D eigenvalue weighted by Crippen LogP contribution is -2.68. The highest BCUT2D eigenvalue weighted by Crippen LogP contribution is 2.24. The molecule has 19 heavy (non-hydrogen) atoms. The summed E-state index contributed by atoms with van der Waals surface area (Å²) in [5.74, 6) is -0.132. The molecule has 2 unspecified atom stereocenters. The van der Waals surface area contributed by atoms with Gasteiger partial charge in [-0.05, 0) is 27.2 Å². The maximum Gasteiger partial charge on any atom is 0.249 e. The molecule has 2 heterocycles. The fraction of sp³-hybridized carbons (Fsp3) is 0.615. The van der Waals surface area contributed by atoms with Crippen molar-refractivity contribution in [1.82, 2.24) is 15.2 Å². The van der Waals surface area contributed by atoms with Gasteiger partial charge in [-0.25, -0.2) is 4.98 Å². The van der Waals surface area contributed by atoms with E-state index in [9.17, 15) is 9.59 Å². The van der Waals surface area contributed by atoms with E-state index in [0.29, 0.717) is 13.0 Å². The van der Waals surface area contributed by atoms with Gasteiger partial charge in [-0.2, -0.15) is 0 Å². The fourth-order valence-corrected chi connectivity index (χ4v) is 2.90. The van der Waals surface area contributed by atoms with Gasteiger partial charge in [0.2, 0.25) is 11.8 Å². The summed E-state index contributed by atoms with van der Waals surface area (Å²) in [5, 5.41) is 5.63. The summed E-state index contributed by atoms with van der Waals surface area (Å²) in [6, 6.07) is -0.448. The van der Waals surface area contributed by atoms with Crippen LogP contribution in [0.15, 0.2) is 5.38 Å². The monoisotopic (exact) mass is 281 g/mol. The normalized spacial score (nSPS) is 27.6. The zero-order valence-corrected chi connectivity index (χ0v) is 12.5. The third-order valence-electron chi connectivity index (χ3n) is 3.66. The highest BCUT2D eigenvalue weighted by molar-refractivity contribution is 7.09. The van der Waals surface area contributed by atoms with Gasteiger partial charge in [-0.15, -0.1) is 11.3 Å². The Bertz CT molecular complexity index is 514. The zero-order chi connectivity index (χ0) is 14.2.